The van der Waals surface area contributed by atoms with E-state index in [1.165, 1.54) is 0 Å². The monoisotopic (exact) mass is 531 g/mol. The summed E-state index contributed by atoms with van der Waals surface area (Å²) in [6.07, 6.45) is 0. The highest BCUT2D eigenvalue weighted by Crippen LogP contribution is 2.38. The highest BCUT2D eigenvalue weighted by atomic mass is 35.5. The second-order valence-electron chi connectivity index (χ2n) is 6.03. The molecule has 0 aliphatic rings. The van der Waals surface area contributed by atoms with Crippen LogP contribution in [0.3, 0.4) is 0 Å². The lowest BCUT2D eigenvalue weighted by Gasteiger charge is -2.25. The second-order valence-corrected chi connectivity index (χ2v) is 10.7. The lowest BCUT2D eigenvalue weighted by molar-refractivity contribution is 0.381. The van der Waals surface area contributed by atoms with E-state index in [2.05, 4.69) is 0 Å². The van der Waals surface area contributed by atoms with Gasteiger partial charge >= 0.3 is 0 Å². The van der Waals surface area contributed by atoms with E-state index in [-0.39, 0.29) is 10.0 Å². The Morgan fingerprint density at radius 3 is 1.12 bits per heavy atom. The molecule has 0 aliphatic heterocycles. The summed E-state index contributed by atoms with van der Waals surface area (Å²) < 4.78 is 122. The molecule has 0 saturated carbocycles. The van der Waals surface area contributed by atoms with Gasteiger partial charge in [-0.05, 0) is 48.5 Å². The van der Waals surface area contributed by atoms with Gasteiger partial charge in [-0.3, -0.25) is 0 Å². The summed E-state index contributed by atoms with van der Waals surface area (Å²) in [5, 5.41) is 0.0413. The zero-order chi connectivity index (χ0) is 24.0. The number of anilines is 1. The zero-order valence-electron chi connectivity index (χ0n) is 15.2. The molecule has 3 rings (SSSR count). The van der Waals surface area contributed by atoms with E-state index in [0.29, 0.717) is 0 Å². The highest BCUT2D eigenvalue weighted by molar-refractivity contribution is 8.10. The first-order chi connectivity index (χ1) is 14.8. The van der Waals surface area contributed by atoms with Gasteiger partial charge in [0.25, 0.3) is 20.0 Å². The van der Waals surface area contributed by atoms with Crippen LogP contribution in [0.5, 0.6) is 0 Å². The van der Waals surface area contributed by atoms with E-state index in [9.17, 15) is 38.8 Å². The quantitative estimate of drug-likeness (QED) is 0.255. The normalized spacial score (nSPS) is 12.1. The van der Waals surface area contributed by atoms with Crippen LogP contribution in [0.2, 0.25) is 10.0 Å². The van der Waals surface area contributed by atoms with Crippen LogP contribution in [0, 0.1) is 29.1 Å². The fourth-order valence-corrected chi connectivity index (χ4v) is 6.47. The first kappa shape index (κ1) is 24.2. The van der Waals surface area contributed by atoms with Crippen molar-refractivity contribution in [2.75, 3.05) is 3.71 Å². The maximum atomic E-state index is 14.5. The van der Waals surface area contributed by atoms with Crippen LogP contribution >= 0.6 is 23.2 Å². The molecule has 0 unspecified atom stereocenters. The molecule has 0 fully saturated rings. The Balaban J connectivity index is 2.44. The van der Waals surface area contributed by atoms with E-state index in [4.69, 9.17) is 23.2 Å². The lowest BCUT2D eigenvalue weighted by atomic mass is 10.2. The van der Waals surface area contributed by atoms with Gasteiger partial charge in [-0.25, -0.2) is 38.8 Å². The van der Waals surface area contributed by atoms with Gasteiger partial charge in [0, 0.05) is 10.0 Å². The Bertz CT molecular complexity index is 1310. The van der Waals surface area contributed by atoms with Crippen molar-refractivity contribution in [1.82, 2.24) is 0 Å². The molecule has 32 heavy (non-hydrogen) atoms. The summed E-state index contributed by atoms with van der Waals surface area (Å²) in [7, 11) is -10.9. The summed E-state index contributed by atoms with van der Waals surface area (Å²) in [4.78, 5) is -1.72. The summed E-state index contributed by atoms with van der Waals surface area (Å²) >= 11 is 11.3. The smallest absolute Gasteiger partial charge is 0.201 e. The molecular formula is C18H8Cl2F5NO4S2. The van der Waals surface area contributed by atoms with Crippen molar-refractivity contribution in [3.05, 3.63) is 87.7 Å². The van der Waals surface area contributed by atoms with Crippen molar-refractivity contribution in [3.63, 3.8) is 0 Å². The third-order valence-corrected chi connectivity index (χ3v) is 8.68. The Kier molecular flexibility index (Phi) is 6.44. The third-order valence-electron chi connectivity index (χ3n) is 4.03. The van der Waals surface area contributed by atoms with Crippen molar-refractivity contribution in [3.8, 4) is 0 Å². The van der Waals surface area contributed by atoms with Crippen molar-refractivity contribution in [2.24, 2.45) is 0 Å². The number of halogens is 7. The first-order valence-corrected chi connectivity index (χ1v) is 11.8. The fourth-order valence-electron chi connectivity index (χ4n) is 2.53. The van der Waals surface area contributed by atoms with Crippen molar-refractivity contribution in [1.29, 1.82) is 0 Å². The largest absolute Gasteiger partial charge is 0.277 e. The molecule has 0 bridgehead atoms. The number of sulfonamides is 2. The number of hydrogen-bond donors (Lipinski definition) is 0. The van der Waals surface area contributed by atoms with Gasteiger partial charge in [0.2, 0.25) is 5.82 Å². The molecule has 0 aliphatic carbocycles. The maximum absolute atomic E-state index is 14.5. The predicted octanol–water partition coefficient (Wildman–Crippen LogP) is 5.27. The SMILES string of the molecule is O=S(=O)(c1ccc(Cl)cc1)N(c1c(F)c(F)c(F)c(F)c1F)S(=O)(=O)c1ccc(Cl)cc1. The van der Waals surface area contributed by atoms with E-state index < -0.39 is 68.3 Å². The van der Waals surface area contributed by atoms with Gasteiger partial charge in [-0.2, -0.15) is 0 Å². The summed E-state index contributed by atoms with van der Waals surface area (Å²) in [5.74, 6) is -13.0. The van der Waals surface area contributed by atoms with E-state index in [1.807, 2.05) is 0 Å². The molecule has 0 radical (unpaired) electrons. The average Bonchev–Trinajstić information content (AvgIpc) is 2.74. The highest BCUT2D eigenvalue weighted by Gasteiger charge is 2.43. The first-order valence-electron chi connectivity index (χ1n) is 8.13. The van der Waals surface area contributed by atoms with Crippen molar-refractivity contribution in [2.45, 2.75) is 9.79 Å². The van der Waals surface area contributed by atoms with Gasteiger partial charge in [0.15, 0.2) is 23.3 Å². The van der Waals surface area contributed by atoms with Gasteiger partial charge < -0.3 is 0 Å². The van der Waals surface area contributed by atoms with E-state index >= 15 is 0 Å². The molecule has 3 aromatic carbocycles. The van der Waals surface area contributed by atoms with Crippen molar-refractivity contribution >= 4 is 48.9 Å². The molecule has 5 nitrogen and oxygen atoms in total. The van der Waals surface area contributed by atoms with E-state index in [1.54, 1.807) is 0 Å². The Morgan fingerprint density at radius 1 is 0.531 bits per heavy atom. The predicted molar refractivity (Wildman–Crippen MR) is 106 cm³/mol. The minimum absolute atomic E-state index is 0.0206. The average molecular weight is 532 g/mol. The molecule has 0 atom stereocenters. The minimum Gasteiger partial charge on any atom is -0.201 e. The van der Waals surface area contributed by atoms with Crippen LogP contribution < -0.4 is 3.71 Å². The van der Waals surface area contributed by atoms with Gasteiger partial charge in [0.1, 0.15) is 5.69 Å². The standard InChI is InChI=1S/C18H8Cl2F5NO4S2/c19-9-1-5-11(6-2-9)31(27,28)26(32(29,30)12-7-3-10(20)4-8-12)18-16(24)14(22)13(21)15(23)17(18)25/h1-8H. The summed E-state index contributed by atoms with van der Waals surface area (Å²) in [5.41, 5.74) is -2.20. The lowest BCUT2D eigenvalue weighted by Crippen LogP contribution is -2.39. The fraction of sp³-hybridized carbons (Fsp3) is 0. The molecule has 0 N–H and O–H groups in total. The van der Waals surface area contributed by atoms with Crippen LogP contribution in [-0.4, -0.2) is 16.8 Å². The molecule has 0 spiro atoms. The molecule has 0 saturated heterocycles. The number of rotatable bonds is 5. The van der Waals surface area contributed by atoms with Crippen LogP contribution in [0.15, 0.2) is 58.3 Å². The zero-order valence-corrected chi connectivity index (χ0v) is 18.3. The van der Waals surface area contributed by atoms with Crippen LogP contribution in [0.25, 0.3) is 0 Å². The third kappa shape index (κ3) is 4.03. The maximum Gasteiger partial charge on any atom is 0.277 e. The second kappa shape index (κ2) is 8.50. The molecule has 0 heterocycles. The van der Waals surface area contributed by atoms with Crippen LogP contribution in [0.4, 0.5) is 27.6 Å². The van der Waals surface area contributed by atoms with Crippen LogP contribution in [-0.2, 0) is 20.0 Å². The Hall–Kier alpha value is -2.41. The summed E-state index contributed by atoms with van der Waals surface area (Å²) in [6.45, 7) is 0. The van der Waals surface area contributed by atoms with Gasteiger partial charge in [-0.1, -0.05) is 23.2 Å². The Morgan fingerprint density at radius 2 is 0.812 bits per heavy atom. The molecule has 0 aromatic heterocycles. The minimum atomic E-state index is -5.46. The van der Waals surface area contributed by atoms with Gasteiger partial charge in [-0.15, -0.1) is 3.71 Å². The number of nitrogens with zero attached hydrogens (tertiary/aromatic N) is 1. The van der Waals surface area contributed by atoms with Crippen LogP contribution in [0.1, 0.15) is 0 Å². The topological polar surface area (TPSA) is 71.5 Å². The molecule has 3 aromatic rings. The summed E-state index contributed by atoms with van der Waals surface area (Å²) in [6, 6.07) is 7.20. The molecule has 14 heteroatoms. The molecule has 170 valence electrons. The number of hydrogen-bond acceptors (Lipinski definition) is 4. The van der Waals surface area contributed by atoms with Gasteiger partial charge in [0.05, 0.1) is 9.79 Å². The van der Waals surface area contributed by atoms with Crippen molar-refractivity contribution < 1.29 is 38.8 Å². The Labute approximate surface area is 188 Å². The number of benzene rings is 3. The van der Waals surface area contributed by atoms with E-state index in [0.717, 1.165) is 48.5 Å². The molecule has 0 amide bonds. The molecular weight excluding hydrogens is 524 g/mol.